The van der Waals surface area contributed by atoms with Crippen molar-refractivity contribution in [2.45, 2.75) is 6.10 Å². The number of carbonyl (C=O) groups excluding carboxylic acids is 1. The highest BCUT2D eigenvalue weighted by atomic mass is 16.6. The number of aliphatic hydroxyl groups is 2. The molecule has 7 heteroatoms. The van der Waals surface area contributed by atoms with Crippen LogP contribution in [0.2, 0.25) is 0 Å². The third kappa shape index (κ3) is 6.69. The van der Waals surface area contributed by atoms with E-state index < -0.39 is 6.10 Å². The van der Waals surface area contributed by atoms with Crippen LogP contribution < -0.4 is 15.4 Å². The number of rotatable bonds is 6. The molecule has 0 spiro atoms. The third-order valence-electron chi connectivity index (χ3n) is 1.77. The molecule has 0 heterocycles. The Morgan fingerprint density at radius 3 is 2.39 bits per heavy atom. The van der Waals surface area contributed by atoms with Crippen LogP contribution in [-0.4, -0.2) is 43.1 Å². The van der Waals surface area contributed by atoms with E-state index in [0.29, 0.717) is 11.5 Å². The molecular weight excluding hydrogens is 242 g/mol. The highest BCUT2D eigenvalue weighted by molar-refractivity contribution is 5.39. The minimum atomic E-state index is -0.861. The van der Waals surface area contributed by atoms with E-state index in [0.717, 1.165) is 0 Å². The molecule has 0 amide bonds. The minimum absolute atomic E-state index is 0.0525. The van der Waals surface area contributed by atoms with E-state index in [1.807, 2.05) is 12.1 Å². The number of nitrogens with two attached hydrogens (primary N) is 1. The van der Waals surface area contributed by atoms with Crippen LogP contribution in [0.5, 0.6) is 11.5 Å². The average Bonchev–Trinajstić information content (AvgIpc) is 2.45. The Morgan fingerprint density at radius 1 is 1.39 bits per heavy atom. The summed E-state index contributed by atoms with van der Waals surface area (Å²) in [5, 5.41) is 17.6. The summed E-state index contributed by atoms with van der Waals surface area (Å²) in [6, 6.07) is 7.14. The molecule has 0 saturated heterocycles. The Balaban J connectivity index is 0.000000631. The molecule has 1 atom stereocenters. The van der Waals surface area contributed by atoms with Gasteiger partial charge in [0.05, 0.1) is 13.7 Å². The Kier molecular flexibility index (Phi) is 9.28. The van der Waals surface area contributed by atoms with Gasteiger partial charge in [-0.1, -0.05) is 12.1 Å². The molecule has 7 nitrogen and oxygen atoms in total. The molecule has 0 fully saturated rings. The summed E-state index contributed by atoms with van der Waals surface area (Å²) in [6.45, 7) is -0.105. The molecule has 0 aliphatic carbocycles. The van der Waals surface area contributed by atoms with Gasteiger partial charge in [0.15, 0.2) is 11.5 Å². The van der Waals surface area contributed by atoms with Gasteiger partial charge >= 0.3 is 6.47 Å². The number of carbonyl (C=O) groups is 1. The second-order valence-corrected chi connectivity index (χ2v) is 3.03. The van der Waals surface area contributed by atoms with Crippen LogP contribution in [0.25, 0.3) is 0 Å². The second-order valence-electron chi connectivity index (χ2n) is 3.03. The Hall–Kier alpha value is -1.83. The summed E-state index contributed by atoms with van der Waals surface area (Å²) in [7, 11) is 1.55. The fourth-order valence-corrected chi connectivity index (χ4v) is 0.977. The molecule has 1 aromatic rings. The summed E-state index contributed by atoms with van der Waals surface area (Å²) in [5.74, 6) is 5.33. The van der Waals surface area contributed by atoms with Gasteiger partial charge in [-0.15, -0.1) is 0 Å². The van der Waals surface area contributed by atoms with Crippen molar-refractivity contribution in [1.82, 2.24) is 0 Å². The van der Waals surface area contributed by atoms with E-state index in [-0.39, 0.29) is 19.7 Å². The zero-order chi connectivity index (χ0) is 13.8. The molecule has 102 valence electrons. The lowest BCUT2D eigenvalue weighted by molar-refractivity contribution is -0.129. The van der Waals surface area contributed by atoms with E-state index in [9.17, 15) is 0 Å². The number of hydrogen-bond acceptors (Lipinski definition) is 7. The van der Waals surface area contributed by atoms with Crippen LogP contribution in [0.1, 0.15) is 0 Å². The van der Waals surface area contributed by atoms with Crippen LogP contribution in [0, 0.1) is 0 Å². The first-order valence-corrected chi connectivity index (χ1v) is 5.03. The summed E-state index contributed by atoms with van der Waals surface area (Å²) >= 11 is 0. The average molecular weight is 259 g/mol. The number of ether oxygens (including phenoxy) is 2. The largest absolute Gasteiger partial charge is 0.493 e. The predicted molar refractivity (Wildman–Crippen MR) is 62.9 cm³/mol. The molecule has 18 heavy (non-hydrogen) atoms. The first-order chi connectivity index (χ1) is 8.69. The number of methoxy groups -OCH3 is 1. The van der Waals surface area contributed by atoms with Gasteiger partial charge in [0.2, 0.25) is 0 Å². The molecule has 0 bridgehead atoms. The molecule has 0 aliphatic heterocycles. The Morgan fingerprint density at radius 2 is 1.94 bits per heavy atom. The predicted octanol–water partition coefficient (Wildman–Crippen LogP) is -0.540. The normalized spacial score (nSPS) is 10.7. The van der Waals surface area contributed by atoms with Gasteiger partial charge < -0.3 is 24.5 Å². The maximum absolute atomic E-state index is 9.07. The molecule has 4 N–H and O–H groups in total. The number of aliphatic hydroxyl groups excluding tert-OH is 2. The standard InChI is InChI=1S/C10H14O4.CH3NO2/c1-13-9-4-2-3-5-10(9)14-7-8(12)6-11;2-4-1-3/h2-5,8,11-12H,6-7H2,1H3;1H,2H2. The summed E-state index contributed by atoms with van der Waals surface area (Å²) in [6.07, 6.45) is -0.861. The van der Waals surface area contributed by atoms with Gasteiger partial charge in [-0.05, 0) is 12.1 Å². The van der Waals surface area contributed by atoms with Crippen LogP contribution in [0.15, 0.2) is 24.3 Å². The van der Waals surface area contributed by atoms with Crippen molar-refractivity contribution >= 4 is 6.47 Å². The zero-order valence-corrected chi connectivity index (χ0v) is 9.98. The van der Waals surface area contributed by atoms with Gasteiger partial charge in [0.25, 0.3) is 0 Å². The first kappa shape index (κ1) is 16.2. The lowest BCUT2D eigenvalue weighted by atomic mass is 10.3. The van der Waals surface area contributed by atoms with Gasteiger partial charge in [-0.25, -0.2) is 0 Å². The van der Waals surface area contributed by atoms with Crippen molar-refractivity contribution < 1.29 is 29.3 Å². The van der Waals surface area contributed by atoms with Gasteiger partial charge in [0.1, 0.15) is 12.7 Å². The highest BCUT2D eigenvalue weighted by Crippen LogP contribution is 2.25. The molecule has 0 aromatic heterocycles. The number of benzene rings is 1. The van der Waals surface area contributed by atoms with E-state index in [1.165, 1.54) is 0 Å². The van der Waals surface area contributed by atoms with Crippen molar-refractivity contribution in [3.8, 4) is 11.5 Å². The SMILES string of the molecule is COc1ccccc1OCC(O)CO.NOC=O. The fraction of sp³-hybridized carbons (Fsp3) is 0.364. The molecule has 0 radical (unpaired) electrons. The van der Waals surface area contributed by atoms with Gasteiger partial charge in [0, 0.05) is 0 Å². The van der Waals surface area contributed by atoms with E-state index in [4.69, 9.17) is 24.5 Å². The van der Waals surface area contributed by atoms with Crippen LogP contribution >= 0.6 is 0 Å². The van der Waals surface area contributed by atoms with E-state index >= 15 is 0 Å². The zero-order valence-electron chi connectivity index (χ0n) is 9.98. The molecule has 0 saturated carbocycles. The quantitative estimate of drug-likeness (QED) is 0.464. The van der Waals surface area contributed by atoms with E-state index in [2.05, 4.69) is 10.7 Å². The second kappa shape index (κ2) is 10.3. The van der Waals surface area contributed by atoms with Crippen LogP contribution in [-0.2, 0) is 9.63 Å². The van der Waals surface area contributed by atoms with Crippen molar-refractivity contribution in [3.05, 3.63) is 24.3 Å². The molecule has 1 unspecified atom stereocenters. The van der Waals surface area contributed by atoms with E-state index in [1.54, 1.807) is 19.2 Å². The van der Waals surface area contributed by atoms with Crippen molar-refractivity contribution in [2.75, 3.05) is 20.3 Å². The summed E-state index contributed by atoms with van der Waals surface area (Å²) in [4.78, 5) is 12.2. The van der Waals surface area contributed by atoms with Crippen molar-refractivity contribution in [2.24, 2.45) is 5.90 Å². The number of para-hydroxylation sites is 2. The van der Waals surface area contributed by atoms with Gasteiger partial charge in [-0.3, -0.25) is 4.79 Å². The van der Waals surface area contributed by atoms with Gasteiger partial charge in [-0.2, -0.15) is 5.90 Å². The maximum atomic E-state index is 9.07. The third-order valence-corrected chi connectivity index (χ3v) is 1.77. The Bertz CT molecular complexity index is 333. The smallest absolute Gasteiger partial charge is 0.312 e. The lowest BCUT2D eigenvalue weighted by Crippen LogP contribution is -2.21. The maximum Gasteiger partial charge on any atom is 0.312 e. The minimum Gasteiger partial charge on any atom is -0.493 e. The lowest BCUT2D eigenvalue weighted by Gasteiger charge is -2.12. The highest BCUT2D eigenvalue weighted by Gasteiger charge is 2.06. The molecule has 1 aromatic carbocycles. The summed E-state index contributed by atoms with van der Waals surface area (Å²) < 4.78 is 10.3. The molecule has 0 aliphatic rings. The molecule has 1 rings (SSSR count). The Labute approximate surface area is 105 Å². The first-order valence-electron chi connectivity index (χ1n) is 5.03. The molecular formula is C11H17NO6. The van der Waals surface area contributed by atoms with Crippen LogP contribution in [0.3, 0.4) is 0 Å². The number of hydrogen-bond donors (Lipinski definition) is 3. The fourth-order valence-electron chi connectivity index (χ4n) is 0.977. The van der Waals surface area contributed by atoms with Crippen LogP contribution in [0.4, 0.5) is 0 Å². The topological polar surface area (TPSA) is 111 Å². The summed E-state index contributed by atoms with van der Waals surface area (Å²) in [5.41, 5.74) is 0. The monoisotopic (exact) mass is 259 g/mol. The van der Waals surface area contributed by atoms with Crippen molar-refractivity contribution in [3.63, 3.8) is 0 Å². The van der Waals surface area contributed by atoms with Crippen molar-refractivity contribution in [1.29, 1.82) is 0 Å².